The zero-order valence-electron chi connectivity index (χ0n) is 17.6. The van der Waals surface area contributed by atoms with Crippen LogP contribution >= 0.6 is 0 Å². The van der Waals surface area contributed by atoms with Crippen molar-refractivity contribution in [3.63, 3.8) is 0 Å². The Hall–Kier alpha value is -2.69. The van der Waals surface area contributed by atoms with E-state index in [9.17, 15) is 9.59 Å². The number of para-hydroxylation sites is 1. The highest BCUT2D eigenvalue weighted by Gasteiger charge is 2.27. The maximum atomic E-state index is 13.0. The second-order valence-corrected chi connectivity index (χ2v) is 7.33. The smallest absolute Gasteiger partial charge is 0.260 e. The lowest BCUT2D eigenvalue weighted by atomic mass is 10.1. The Bertz CT molecular complexity index is 798. The van der Waals surface area contributed by atoms with E-state index < -0.39 is 0 Å². The molecule has 0 aliphatic heterocycles. The van der Waals surface area contributed by atoms with Gasteiger partial charge in [0.25, 0.3) is 5.91 Å². The molecule has 28 heavy (non-hydrogen) atoms. The number of aromatic nitrogens is 1. The molecule has 1 aliphatic rings. The van der Waals surface area contributed by atoms with Gasteiger partial charge in [0, 0.05) is 25.0 Å². The minimum absolute atomic E-state index is 0.0490. The van der Waals surface area contributed by atoms with Crippen molar-refractivity contribution in [1.82, 2.24) is 4.98 Å². The predicted octanol–water partition coefficient (Wildman–Crippen LogP) is 4.64. The van der Waals surface area contributed by atoms with Crippen molar-refractivity contribution >= 4 is 23.2 Å². The molecule has 5 nitrogen and oxygen atoms in total. The number of aryl methyl sites for hydroxylation is 1. The van der Waals surface area contributed by atoms with Crippen LogP contribution in [-0.2, 0) is 4.79 Å². The first-order valence-corrected chi connectivity index (χ1v) is 9.94. The first-order valence-electron chi connectivity index (χ1n) is 9.94. The molecule has 1 fully saturated rings. The Morgan fingerprint density at radius 1 is 1.11 bits per heavy atom. The van der Waals surface area contributed by atoms with Gasteiger partial charge in [-0.2, -0.15) is 0 Å². The highest BCUT2D eigenvalue weighted by Crippen LogP contribution is 2.29. The molecule has 2 aromatic rings. The maximum Gasteiger partial charge on any atom is 0.260 e. The second kappa shape index (κ2) is 10.0. The van der Waals surface area contributed by atoms with E-state index in [2.05, 4.69) is 23.7 Å². The summed E-state index contributed by atoms with van der Waals surface area (Å²) in [6.45, 7) is 7.72. The lowest BCUT2D eigenvalue weighted by molar-refractivity contribution is -0.115. The topological polar surface area (TPSA) is 53.5 Å². The molecule has 1 aromatic carbocycles. The third-order valence-electron chi connectivity index (χ3n) is 4.48. The van der Waals surface area contributed by atoms with Gasteiger partial charge in [-0.15, -0.1) is 0 Å². The highest BCUT2D eigenvalue weighted by molar-refractivity contribution is 6.09. The van der Waals surface area contributed by atoms with Gasteiger partial charge in [-0.3, -0.25) is 9.59 Å². The molecule has 0 unspecified atom stereocenters. The van der Waals surface area contributed by atoms with Crippen LogP contribution in [0.2, 0.25) is 0 Å². The van der Waals surface area contributed by atoms with Gasteiger partial charge < -0.3 is 9.80 Å². The van der Waals surface area contributed by atoms with E-state index in [0.29, 0.717) is 11.6 Å². The van der Waals surface area contributed by atoms with E-state index in [4.69, 9.17) is 0 Å². The molecule has 0 atom stereocenters. The lowest BCUT2D eigenvalue weighted by Crippen LogP contribution is -2.35. The molecule has 0 N–H and O–H groups in total. The van der Waals surface area contributed by atoms with Gasteiger partial charge >= 0.3 is 0 Å². The van der Waals surface area contributed by atoms with Crippen molar-refractivity contribution in [1.29, 1.82) is 0 Å². The average molecular weight is 382 g/mol. The standard InChI is InChI=1S/C20H23N3O2.C3H8/c1-14-6-4-5-7-18(14)23(13-15(2)24)20(25)16-8-11-19(21-12-16)22(3)17-9-10-17;1-3-2/h4-8,11-12,17H,9-10,13H2,1-3H3;3H2,1-2H3. The zero-order chi connectivity index (χ0) is 20.7. The van der Waals surface area contributed by atoms with Crippen LogP contribution in [0, 0.1) is 6.92 Å². The summed E-state index contributed by atoms with van der Waals surface area (Å²) in [7, 11) is 2.02. The fourth-order valence-corrected chi connectivity index (χ4v) is 2.88. The SMILES string of the molecule is CC(=O)CN(C(=O)c1ccc(N(C)C2CC2)nc1)c1ccccc1C.CCC. The van der Waals surface area contributed by atoms with Crippen LogP contribution in [0.5, 0.6) is 0 Å². The fourth-order valence-electron chi connectivity index (χ4n) is 2.88. The molecule has 5 heteroatoms. The molecule has 0 spiro atoms. The second-order valence-electron chi connectivity index (χ2n) is 7.33. The summed E-state index contributed by atoms with van der Waals surface area (Å²) in [5.74, 6) is 0.598. The first kappa shape index (κ1) is 21.6. The van der Waals surface area contributed by atoms with Crippen LogP contribution in [-0.4, -0.2) is 36.3 Å². The minimum Gasteiger partial charge on any atom is -0.357 e. The number of hydrogen-bond donors (Lipinski definition) is 0. The number of anilines is 2. The number of nitrogens with zero attached hydrogens (tertiary/aromatic N) is 3. The summed E-state index contributed by atoms with van der Waals surface area (Å²) in [5, 5.41) is 0. The molecule has 1 heterocycles. The highest BCUT2D eigenvalue weighted by atomic mass is 16.2. The van der Waals surface area contributed by atoms with Crippen molar-refractivity contribution in [2.75, 3.05) is 23.4 Å². The molecular weight excluding hydrogens is 350 g/mol. The van der Waals surface area contributed by atoms with E-state index in [1.54, 1.807) is 12.3 Å². The Labute approximate surface area is 168 Å². The molecule has 1 saturated carbocycles. The number of pyridine rings is 1. The van der Waals surface area contributed by atoms with E-state index >= 15 is 0 Å². The quantitative estimate of drug-likeness (QED) is 0.731. The van der Waals surface area contributed by atoms with Crippen LogP contribution in [0.4, 0.5) is 11.5 Å². The average Bonchev–Trinajstić information content (AvgIpc) is 3.51. The summed E-state index contributed by atoms with van der Waals surface area (Å²) in [4.78, 5) is 32.8. The van der Waals surface area contributed by atoms with E-state index in [1.165, 1.54) is 31.1 Å². The number of Topliss-reactive ketones (excluding diaryl/α,β-unsaturated/α-hetero) is 1. The van der Waals surface area contributed by atoms with Gasteiger partial charge in [-0.05, 0) is 50.5 Å². The largest absolute Gasteiger partial charge is 0.357 e. The molecule has 0 bridgehead atoms. The Morgan fingerprint density at radius 3 is 2.25 bits per heavy atom. The molecule has 1 aliphatic carbocycles. The third kappa shape index (κ3) is 5.65. The first-order chi connectivity index (χ1) is 13.4. The summed E-state index contributed by atoms with van der Waals surface area (Å²) < 4.78 is 0. The normalized spacial score (nSPS) is 12.6. The van der Waals surface area contributed by atoms with Crippen LogP contribution < -0.4 is 9.80 Å². The third-order valence-corrected chi connectivity index (χ3v) is 4.48. The molecule has 150 valence electrons. The Kier molecular flexibility index (Phi) is 7.73. The van der Waals surface area contributed by atoms with E-state index in [1.807, 2.05) is 44.3 Å². The number of hydrogen-bond acceptors (Lipinski definition) is 4. The van der Waals surface area contributed by atoms with Crippen molar-refractivity contribution in [2.45, 2.75) is 53.0 Å². The van der Waals surface area contributed by atoms with E-state index in [-0.39, 0.29) is 18.2 Å². The molecule has 0 radical (unpaired) electrons. The summed E-state index contributed by atoms with van der Waals surface area (Å²) in [5.41, 5.74) is 2.19. The number of ketones is 1. The van der Waals surface area contributed by atoms with Crippen molar-refractivity contribution in [2.24, 2.45) is 0 Å². The van der Waals surface area contributed by atoms with E-state index in [0.717, 1.165) is 17.1 Å². The Morgan fingerprint density at radius 2 is 1.75 bits per heavy atom. The number of carbonyl (C=O) groups is 2. The van der Waals surface area contributed by atoms with Gasteiger partial charge in [-0.1, -0.05) is 38.5 Å². The van der Waals surface area contributed by atoms with Crippen LogP contribution in [0.25, 0.3) is 0 Å². The van der Waals surface area contributed by atoms with Crippen molar-refractivity contribution in [3.8, 4) is 0 Å². The molecular formula is C23H31N3O2. The number of carbonyl (C=O) groups excluding carboxylic acids is 2. The molecule has 1 aromatic heterocycles. The Balaban J connectivity index is 0.000000878. The van der Waals surface area contributed by atoms with Crippen molar-refractivity contribution in [3.05, 3.63) is 53.7 Å². The summed E-state index contributed by atoms with van der Waals surface area (Å²) >= 11 is 0. The van der Waals surface area contributed by atoms with Gasteiger partial charge in [0.05, 0.1) is 12.1 Å². The van der Waals surface area contributed by atoms with Gasteiger partial charge in [0.15, 0.2) is 0 Å². The van der Waals surface area contributed by atoms with Crippen LogP contribution in [0.15, 0.2) is 42.6 Å². The lowest BCUT2D eigenvalue weighted by Gasteiger charge is -2.24. The van der Waals surface area contributed by atoms with Gasteiger partial charge in [0.1, 0.15) is 11.6 Å². The van der Waals surface area contributed by atoms with Gasteiger partial charge in [0.2, 0.25) is 0 Å². The maximum absolute atomic E-state index is 13.0. The predicted molar refractivity (Wildman–Crippen MR) is 115 cm³/mol. The number of amides is 1. The molecule has 0 saturated heterocycles. The molecule has 1 amide bonds. The summed E-state index contributed by atoms with van der Waals surface area (Å²) in [6.07, 6.45) is 5.24. The van der Waals surface area contributed by atoms with Crippen LogP contribution in [0.1, 0.15) is 56.0 Å². The number of rotatable bonds is 6. The summed E-state index contributed by atoms with van der Waals surface area (Å²) in [6, 6.07) is 11.8. The fraction of sp³-hybridized carbons (Fsp3) is 0.435. The van der Waals surface area contributed by atoms with Crippen molar-refractivity contribution < 1.29 is 9.59 Å². The minimum atomic E-state index is -0.211. The zero-order valence-corrected chi connectivity index (χ0v) is 17.6. The number of benzene rings is 1. The van der Waals surface area contributed by atoms with Gasteiger partial charge in [-0.25, -0.2) is 4.98 Å². The van der Waals surface area contributed by atoms with Crippen LogP contribution in [0.3, 0.4) is 0 Å². The molecule has 3 rings (SSSR count). The monoisotopic (exact) mass is 381 g/mol.